The first-order valence-electron chi connectivity index (χ1n) is 7.63. The average Bonchev–Trinajstić information content (AvgIpc) is 2.54. The molecule has 2 N–H and O–H groups in total. The van der Waals surface area contributed by atoms with Gasteiger partial charge in [-0.1, -0.05) is 6.07 Å². The van der Waals surface area contributed by atoms with Gasteiger partial charge in [0.15, 0.2) is 0 Å². The fourth-order valence-corrected chi connectivity index (χ4v) is 2.71. The molecule has 134 valence electrons. The quantitative estimate of drug-likeness (QED) is 0.828. The largest absolute Gasteiger partial charge is 0.434 e. The molecule has 1 fully saturated rings. The van der Waals surface area contributed by atoms with Crippen LogP contribution in [0, 0.1) is 11.7 Å². The van der Waals surface area contributed by atoms with Crippen LogP contribution < -0.4 is 10.1 Å². The van der Waals surface area contributed by atoms with Crippen LogP contribution in [0.4, 0.5) is 13.2 Å². The van der Waals surface area contributed by atoms with Crippen molar-refractivity contribution in [1.29, 1.82) is 0 Å². The van der Waals surface area contributed by atoms with Gasteiger partial charge < -0.3 is 19.9 Å². The Morgan fingerprint density at radius 3 is 2.75 bits per heavy atom. The third kappa shape index (κ3) is 4.39. The number of benzene rings is 1. The van der Waals surface area contributed by atoms with Crippen molar-refractivity contribution in [3.05, 3.63) is 29.6 Å². The van der Waals surface area contributed by atoms with Gasteiger partial charge in [-0.3, -0.25) is 4.79 Å². The highest BCUT2D eigenvalue weighted by atomic mass is 19.3. The second-order valence-electron chi connectivity index (χ2n) is 5.81. The predicted molar refractivity (Wildman–Crippen MR) is 79.0 cm³/mol. The lowest BCUT2D eigenvalue weighted by Crippen LogP contribution is -2.51. The lowest BCUT2D eigenvalue weighted by Gasteiger charge is -2.34. The zero-order valence-corrected chi connectivity index (χ0v) is 13.2. The molecular weight excluding hydrogens is 327 g/mol. The number of nitrogens with one attached hydrogen (secondary N) is 1. The summed E-state index contributed by atoms with van der Waals surface area (Å²) in [5, 5.41) is 12.9. The van der Waals surface area contributed by atoms with Crippen LogP contribution in [0.3, 0.4) is 0 Å². The lowest BCUT2D eigenvalue weighted by molar-refractivity contribution is -0.147. The van der Waals surface area contributed by atoms with Crippen LogP contribution in [0.2, 0.25) is 0 Å². The Kier molecular flexibility index (Phi) is 6.06. The van der Waals surface area contributed by atoms with Crippen LogP contribution in [0.15, 0.2) is 18.2 Å². The Bertz CT molecular complexity index is 574. The molecule has 1 aliphatic heterocycles. The summed E-state index contributed by atoms with van der Waals surface area (Å²) in [6, 6.07) is 3.50. The maximum Gasteiger partial charge on any atom is 0.387 e. The van der Waals surface area contributed by atoms with Crippen molar-refractivity contribution in [3.63, 3.8) is 0 Å². The normalized spacial score (nSPS) is 18.2. The summed E-state index contributed by atoms with van der Waals surface area (Å²) in [7, 11) is 0. The summed E-state index contributed by atoms with van der Waals surface area (Å²) < 4.78 is 48.1. The minimum Gasteiger partial charge on any atom is -0.434 e. The number of aliphatic hydroxyl groups is 1. The molecule has 0 aliphatic carbocycles. The SMILES string of the molecule is C[C@@](O)(C(=O)NCc1c(F)cccc1OC(F)F)C1CCOCC1. The molecule has 1 aromatic carbocycles. The average molecular weight is 347 g/mol. The van der Waals surface area contributed by atoms with Gasteiger partial charge in [-0.15, -0.1) is 0 Å². The molecule has 1 amide bonds. The van der Waals surface area contributed by atoms with Crippen molar-refractivity contribution >= 4 is 5.91 Å². The molecule has 2 rings (SSSR count). The van der Waals surface area contributed by atoms with E-state index in [1.54, 1.807) is 0 Å². The number of carbonyl (C=O) groups is 1. The van der Waals surface area contributed by atoms with E-state index in [0.29, 0.717) is 26.1 Å². The maximum atomic E-state index is 13.8. The molecule has 0 spiro atoms. The number of amides is 1. The zero-order chi connectivity index (χ0) is 17.7. The fourth-order valence-electron chi connectivity index (χ4n) is 2.71. The lowest BCUT2D eigenvalue weighted by atomic mass is 9.82. The zero-order valence-electron chi connectivity index (χ0n) is 13.2. The van der Waals surface area contributed by atoms with E-state index < -0.39 is 23.9 Å². The molecule has 0 unspecified atom stereocenters. The summed E-state index contributed by atoms with van der Waals surface area (Å²) in [5.74, 6) is -2.11. The van der Waals surface area contributed by atoms with Crippen molar-refractivity contribution in [3.8, 4) is 5.75 Å². The number of alkyl halides is 2. The van der Waals surface area contributed by atoms with E-state index in [1.165, 1.54) is 19.1 Å². The van der Waals surface area contributed by atoms with Crippen LogP contribution >= 0.6 is 0 Å². The molecule has 1 aromatic rings. The summed E-state index contributed by atoms with van der Waals surface area (Å²) in [6.45, 7) is -1.18. The van der Waals surface area contributed by atoms with Gasteiger partial charge in [0.25, 0.3) is 5.91 Å². The van der Waals surface area contributed by atoms with E-state index in [9.17, 15) is 23.1 Å². The van der Waals surface area contributed by atoms with Crippen molar-refractivity contribution in [2.45, 2.75) is 38.5 Å². The van der Waals surface area contributed by atoms with Crippen molar-refractivity contribution < 1.29 is 32.5 Å². The van der Waals surface area contributed by atoms with Crippen LogP contribution in [0.5, 0.6) is 5.75 Å². The first-order valence-corrected chi connectivity index (χ1v) is 7.63. The Morgan fingerprint density at radius 2 is 2.12 bits per heavy atom. The van der Waals surface area contributed by atoms with Crippen molar-refractivity contribution in [1.82, 2.24) is 5.32 Å². The topological polar surface area (TPSA) is 67.8 Å². The third-order valence-corrected chi connectivity index (χ3v) is 4.19. The van der Waals surface area contributed by atoms with Gasteiger partial charge in [-0.05, 0) is 31.9 Å². The van der Waals surface area contributed by atoms with Crippen molar-refractivity contribution in [2.75, 3.05) is 13.2 Å². The highest BCUT2D eigenvalue weighted by molar-refractivity contribution is 5.84. The van der Waals surface area contributed by atoms with Crippen LogP contribution in [0.25, 0.3) is 0 Å². The first kappa shape index (κ1) is 18.5. The van der Waals surface area contributed by atoms with Crippen LogP contribution in [-0.2, 0) is 16.1 Å². The minimum absolute atomic E-state index is 0.200. The molecule has 1 atom stereocenters. The van der Waals surface area contributed by atoms with Gasteiger partial charge in [0, 0.05) is 31.2 Å². The van der Waals surface area contributed by atoms with E-state index in [1.807, 2.05) is 0 Å². The molecular formula is C16H20F3NO4. The van der Waals surface area contributed by atoms with E-state index >= 15 is 0 Å². The van der Waals surface area contributed by atoms with Gasteiger partial charge >= 0.3 is 6.61 Å². The van der Waals surface area contributed by atoms with Gasteiger partial charge in [-0.2, -0.15) is 8.78 Å². The Balaban J connectivity index is 2.05. The number of hydrogen-bond acceptors (Lipinski definition) is 4. The maximum absolute atomic E-state index is 13.8. The summed E-state index contributed by atoms with van der Waals surface area (Å²) >= 11 is 0. The Morgan fingerprint density at radius 1 is 1.46 bits per heavy atom. The van der Waals surface area contributed by atoms with E-state index in [4.69, 9.17) is 4.74 Å². The summed E-state index contributed by atoms with van der Waals surface area (Å²) in [6.07, 6.45) is 1.06. The fraction of sp³-hybridized carbons (Fsp3) is 0.562. The standard InChI is InChI=1S/C16H20F3NO4/c1-16(22,10-5-7-23-8-6-10)14(21)20-9-11-12(17)3-2-4-13(11)24-15(18)19/h2-4,10,15,22H,5-9H2,1H3,(H,20,21)/t16-/m0/s1. The molecule has 5 nitrogen and oxygen atoms in total. The molecule has 0 bridgehead atoms. The van der Waals surface area contributed by atoms with Crippen LogP contribution in [-0.4, -0.2) is 36.4 Å². The monoisotopic (exact) mass is 347 g/mol. The highest BCUT2D eigenvalue weighted by Gasteiger charge is 2.39. The van der Waals surface area contributed by atoms with Crippen molar-refractivity contribution in [2.24, 2.45) is 5.92 Å². The van der Waals surface area contributed by atoms with Crippen LogP contribution in [0.1, 0.15) is 25.3 Å². The molecule has 1 saturated heterocycles. The van der Waals surface area contributed by atoms with E-state index in [2.05, 4.69) is 10.1 Å². The summed E-state index contributed by atoms with van der Waals surface area (Å²) in [4.78, 5) is 12.3. The second-order valence-corrected chi connectivity index (χ2v) is 5.81. The number of halogens is 3. The number of hydrogen-bond donors (Lipinski definition) is 2. The first-order chi connectivity index (χ1) is 11.3. The van der Waals surface area contributed by atoms with E-state index in [-0.39, 0.29) is 23.8 Å². The summed E-state index contributed by atoms with van der Waals surface area (Å²) in [5.41, 5.74) is -1.85. The highest BCUT2D eigenvalue weighted by Crippen LogP contribution is 2.28. The van der Waals surface area contributed by atoms with Gasteiger partial charge in [0.1, 0.15) is 17.2 Å². The molecule has 1 heterocycles. The second kappa shape index (κ2) is 7.85. The Labute approximate surface area is 137 Å². The van der Waals surface area contributed by atoms with Gasteiger partial charge in [-0.25, -0.2) is 4.39 Å². The minimum atomic E-state index is -3.11. The molecule has 24 heavy (non-hydrogen) atoms. The molecule has 0 saturated carbocycles. The number of carbonyl (C=O) groups excluding carboxylic acids is 1. The number of ether oxygens (including phenoxy) is 2. The number of rotatable bonds is 6. The van der Waals surface area contributed by atoms with E-state index in [0.717, 1.165) is 6.07 Å². The molecule has 0 radical (unpaired) electrons. The molecule has 8 heteroatoms. The molecule has 0 aromatic heterocycles. The Hall–Kier alpha value is -1.80. The van der Waals surface area contributed by atoms with Gasteiger partial charge in [0.05, 0.1) is 0 Å². The third-order valence-electron chi connectivity index (χ3n) is 4.19. The predicted octanol–water partition coefficient (Wildman–Crippen LogP) is 2.22. The molecule has 1 aliphatic rings. The smallest absolute Gasteiger partial charge is 0.387 e. The van der Waals surface area contributed by atoms with Gasteiger partial charge in [0.2, 0.25) is 0 Å².